The largest absolute Gasteiger partial charge is 0.362 e. The molecule has 0 atom stereocenters. The van der Waals surface area contributed by atoms with Gasteiger partial charge in [0.05, 0.1) is 16.4 Å². The van der Waals surface area contributed by atoms with Gasteiger partial charge in [-0.15, -0.1) is 0 Å². The highest BCUT2D eigenvalue weighted by molar-refractivity contribution is 7.80. The van der Waals surface area contributed by atoms with Gasteiger partial charge in [-0.1, -0.05) is 23.2 Å². The molecule has 20 heavy (non-hydrogen) atoms. The van der Waals surface area contributed by atoms with Crippen molar-refractivity contribution < 1.29 is 0 Å². The Bertz CT molecular complexity index is 572. The molecule has 1 heterocycles. The van der Waals surface area contributed by atoms with Gasteiger partial charge in [0.25, 0.3) is 0 Å². The Kier molecular flexibility index (Phi) is 5.64. The van der Waals surface area contributed by atoms with E-state index < -0.39 is 0 Å². The predicted molar refractivity (Wildman–Crippen MR) is 87.5 cm³/mol. The number of imidazole rings is 1. The van der Waals surface area contributed by atoms with Crippen molar-refractivity contribution in [1.29, 1.82) is 0 Å². The van der Waals surface area contributed by atoms with Gasteiger partial charge in [0.15, 0.2) is 5.11 Å². The molecule has 0 aliphatic carbocycles. The summed E-state index contributed by atoms with van der Waals surface area (Å²) in [5.74, 6) is 0. The zero-order valence-corrected chi connectivity index (χ0v) is 13.0. The topological polar surface area (TPSA) is 41.9 Å². The van der Waals surface area contributed by atoms with Crippen LogP contribution in [0.15, 0.2) is 36.9 Å². The number of hydrogen-bond donors (Lipinski definition) is 2. The maximum Gasteiger partial charge on any atom is 0.170 e. The second-order valence-electron chi connectivity index (χ2n) is 4.16. The molecule has 0 amide bonds. The summed E-state index contributed by atoms with van der Waals surface area (Å²) in [6, 6.07) is 5.30. The van der Waals surface area contributed by atoms with Crippen LogP contribution in [0.3, 0.4) is 0 Å². The number of anilines is 1. The van der Waals surface area contributed by atoms with E-state index in [0.29, 0.717) is 15.2 Å². The summed E-state index contributed by atoms with van der Waals surface area (Å²) in [4.78, 5) is 3.99. The molecule has 4 nitrogen and oxygen atoms in total. The Balaban J connectivity index is 1.71. The third-order valence-electron chi connectivity index (χ3n) is 2.62. The van der Waals surface area contributed by atoms with Gasteiger partial charge < -0.3 is 15.2 Å². The summed E-state index contributed by atoms with van der Waals surface area (Å²) < 4.78 is 2.02. The molecule has 2 aromatic rings. The SMILES string of the molecule is S=C(NCCCn1ccnc1)Nc1ccc(Cl)c(Cl)c1. The molecular weight excluding hydrogens is 315 g/mol. The van der Waals surface area contributed by atoms with Gasteiger partial charge in [0.2, 0.25) is 0 Å². The molecule has 1 aromatic carbocycles. The standard InChI is InChI=1S/C13H14Cl2N4S/c14-11-3-2-10(8-12(11)15)18-13(20)17-4-1-6-19-7-5-16-9-19/h2-3,5,7-9H,1,4,6H2,(H2,17,18,20). The molecule has 0 spiro atoms. The Morgan fingerprint density at radius 2 is 2.15 bits per heavy atom. The Labute approximate surface area is 133 Å². The normalized spacial score (nSPS) is 10.3. The lowest BCUT2D eigenvalue weighted by Gasteiger charge is -2.11. The van der Waals surface area contributed by atoms with Crippen LogP contribution in [0.2, 0.25) is 10.0 Å². The second-order valence-corrected chi connectivity index (χ2v) is 5.39. The van der Waals surface area contributed by atoms with Gasteiger partial charge in [0.1, 0.15) is 0 Å². The van der Waals surface area contributed by atoms with Gasteiger partial charge in [-0.2, -0.15) is 0 Å². The first kappa shape index (κ1) is 15.1. The van der Waals surface area contributed by atoms with Gasteiger partial charge in [-0.3, -0.25) is 0 Å². The van der Waals surface area contributed by atoms with E-state index in [1.165, 1.54) is 0 Å². The Morgan fingerprint density at radius 3 is 2.85 bits per heavy atom. The number of benzene rings is 1. The molecule has 0 fully saturated rings. The van der Waals surface area contributed by atoms with E-state index in [1.54, 1.807) is 24.7 Å². The molecular formula is C13H14Cl2N4S. The Morgan fingerprint density at radius 1 is 1.30 bits per heavy atom. The van der Waals surface area contributed by atoms with Crippen LogP contribution in [0, 0.1) is 0 Å². The number of hydrogen-bond acceptors (Lipinski definition) is 2. The summed E-state index contributed by atoms with van der Waals surface area (Å²) in [5.41, 5.74) is 0.812. The lowest BCUT2D eigenvalue weighted by atomic mass is 10.3. The predicted octanol–water partition coefficient (Wildman–Crippen LogP) is 3.57. The highest BCUT2D eigenvalue weighted by Gasteiger charge is 2.01. The van der Waals surface area contributed by atoms with Crippen molar-refractivity contribution >= 4 is 46.2 Å². The van der Waals surface area contributed by atoms with E-state index >= 15 is 0 Å². The first-order valence-corrected chi connectivity index (χ1v) is 7.27. The summed E-state index contributed by atoms with van der Waals surface area (Å²) in [7, 11) is 0. The van der Waals surface area contributed by atoms with Crippen molar-refractivity contribution in [3.05, 3.63) is 47.0 Å². The summed E-state index contributed by atoms with van der Waals surface area (Å²) in [6.45, 7) is 1.69. The van der Waals surface area contributed by atoms with Gasteiger partial charge in [-0.05, 0) is 36.8 Å². The molecule has 0 saturated carbocycles. The number of aryl methyl sites for hydroxylation is 1. The number of nitrogens with one attached hydrogen (secondary N) is 2. The molecule has 0 radical (unpaired) electrons. The number of thiocarbonyl (C=S) groups is 1. The van der Waals surface area contributed by atoms with Crippen molar-refractivity contribution in [3.8, 4) is 0 Å². The van der Waals surface area contributed by atoms with Crippen molar-refractivity contribution in [1.82, 2.24) is 14.9 Å². The zero-order valence-electron chi connectivity index (χ0n) is 10.6. The number of nitrogens with zero attached hydrogens (tertiary/aromatic N) is 2. The average Bonchev–Trinajstić information content (AvgIpc) is 2.92. The summed E-state index contributed by atoms with van der Waals surface area (Å²) in [6.07, 6.45) is 6.46. The molecule has 1 aromatic heterocycles. The monoisotopic (exact) mass is 328 g/mol. The van der Waals surface area contributed by atoms with Crippen molar-refractivity contribution in [2.24, 2.45) is 0 Å². The van der Waals surface area contributed by atoms with Crippen LogP contribution >= 0.6 is 35.4 Å². The van der Waals surface area contributed by atoms with Crippen LogP contribution < -0.4 is 10.6 Å². The van der Waals surface area contributed by atoms with Gasteiger partial charge in [0, 0.05) is 31.2 Å². The van der Waals surface area contributed by atoms with Crippen molar-refractivity contribution in [2.45, 2.75) is 13.0 Å². The Hall–Kier alpha value is -1.30. The molecule has 2 rings (SSSR count). The van der Waals surface area contributed by atoms with Crippen molar-refractivity contribution in [3.63, 3.8) is 0 Å². The molecule has 0 unspecified atom stereocenters. The van der Waals surface area contributed by atoms with Crippen LogP contribution in [0.4, 0.5) is 5.69 Å². The molecule has 106 valence electrons. The fourth-order valence-electron chi connectivity index (χ4n) is 1.63. The van der Waals surface area contributed by atoms with Crippen LogP contribution in [-0.2, 0) is 6.54 Å². The molecule has 0 aliphatic rings. The van der Waals surface area contributed by atoms with Crippen LogP contribution in [0.25, 0.3) is 0 Å². The van der Waals surface area contributed by atoms with E-state index in [9.17, 15) is 0 Å². The van der Waals surface area contributed by atoms with E-state index in [0.717, 1.165) is 25.2 Å². The molecule has 2 N–H and O–H groups in total. The van der Waals surface area contributed by atoms with E-state index in [2.05, 4.69) is 15.6 Å². The quantitative estimate of drug-likeness (QED) is 0.650. The molecule has 0 bridgehead atoms. The minimum absolute atomic E-state index is 0.500. The maximum atomic E-state index is 5.94. The van der Waals surface area contributed by atoms with E-state index in [1.807, 2.05) is 16.8 Å². The summed E-state index contributed by atoms with van der Waals surface area (Å²) in [5, 5.41) is 7.79. The molecule has 7 heteroatoms. The lowest BCUT2D eigenvalue weighted by molar-refractivity contribution is 0.632. The van der Waals surface area contributed by atoms with Gasteiger partial charge in [-0.25, -0.2) is 4.98 Å². The maximum absolute atomic E-state index is 5.94. The van der Waals surface area contributed by atoms with E-state index in [4.69, 9.17) is 35.4 Å². The second kappa shape index (κ2) is 7.47. The van der Waals surface area contributed by atoms with E-state index in [-0.39, 0.29) is 0 Å². The summed E-state index contributed by atoms with van der Waals surface area (Å²) >= 11 is 17.0. The highest BCUT2D eigenvalue weighted by Crippen LogP contribution is 2.24. The minimum Gasteiger partial charge on any atom is -0.362 e. The molecule has 0 saturated heterocycles. The fourth-order valence-corrected chi connectivity index (χ4v) is 2.15. The third kappa shape index (κ3) is 4.67. The first-order valence-electron chi connectivity index (χ1n) is 6.11. The minimum atomic E-state index is 0.500. The van der Waals surface area contributed by atoms with Crippen LogP contribution in [0.1, 0.15) is 6.42 Å². The third-order valence-corrected chi connectivity index (χ3v) is 3.60. The number of rotatable bonds is 5. The smallest absolute Gasteiger partial charge is 0.170 e. The highest BCUT2D eigenvalue weighted by atomic mass is 35.5. The average molecular weight is 329 g/mol. The van der Waals surface area contributed by atoms with Gasteiger partial charge >= 0.3 is 0 Å². The fraction of sp³-hybridized carbons (Fsp3) is 0.231. The van der Waals surface area contributed by atoms with Crippen LogP contribution in [-0.4, -0.2) is 21.2 Å². The number of aromatic nitrogens is 2. The first-order chi connectivity index (χ1) is 9.65. The zero-order chi connectivity index (χ0) is 14.4. The van der Waals surface area contributed by atoms with Crippen molar-refractivity contribution in [2.75, 3.05) is 11.9 Å². The van der Waals surface area contributed by atoms with Crippen LogP contribution in [0.5, 0.6) is 0 Å². The lowest BCUT2D eigenvalue weighted by Crippen LogP contribution is -2.29. The molecule has 0 aliphatic heterocycles. The number of halogens is 2.